The van der Waals surface area contributed by atoms with E-state index in [1.807, 2.05) is 64.9 Å². The highest BCUT2D eigenvalue weighted by molar-refractivity contribution is 7.18. The molecule has 2 heterocycles. The number of aromatic nitrogens is 1. The molecule has 3 aromatic rings. The highest BCUT2D eigenvalue weighted by atomic mass is 32.1. The second-order valence-electron chi connectivity index (χ2n) is 8.04. The second kappa shape index (κ2) is 9.06. The van der Waals surface area contributed by atoms with Gasteiger partial charge in [-0.15, -0.1) is 0 Å². The number of aliphatic hydroxyl groups excluding tert-OH is 3. The van der Waals surface area contributed by atoms with Crippen LogP contribution in [0.4, 0.5) is 11.4 Å². The third-order valence-corrected chi connectivity index (χ3v) is 7.27. The van der Waals surface area contributed by atoms with E-state index in [0.717, 1.165) is 32.4 Å². The van der Waals surface area contributed by atoms with Crippen molar-refractivity contribution in [3.63, 3.8) is 0 Å². The Hall–Kier alpha value is -3.46. The Morgan fingerprint density at radius 2 is 1.68 bits per heavy atom. The van der Waals surface area contributed by atoms with Crippen molar-refractivity contribution >= 4 is 44.8 Å². The number of carbonyl (C=O) groups is 1. The van der Waals surface area contributed by atoms with Gasteiger partial charge in [-0.25, -0.2) is 0 Å². The molecule has 2 aromatic carbocycles. The molecule has 0 fully saturated rings. The van der Waals surface area contributed by atoms with Crippen LogP contribution in [0, 0.1) is 0 Å². The number of fused-ring (bicyclic) bond motifs is 2. The van der Waals surface area contributed by atoms with Crippen molar-refractivity contribution in [2.24, 2.45) is 0 Å². The van der Waals surface area contributed by atoms with Crippen LogP contribution in [0.15, 0.2) is 77.3 Å². The highest BCUT2D eigenvalue weighted by Crippen LogP contribution is 2.43. The molecule has 7 nitrogen and oxygen atoms in total. The number of anilines is 2. The number of carbonyl (C=O) groups excluding carboxylic acids is 1. The molecule has 0 saturated heterocycles. The maximum atomic E-state index is 13.1. The number of rotatable bonds is 7. The van der Waals surface area contributed by atoms with Gasteiger partial charge in [0.15, 0.2) is 6.54 Å². The van der Waals surface area contributed by atoms with Crippen LogP contribution < -0.4 is 14.4 Å². The molecule has 0 unspecified atom stereocenters. The lowest BCUT2D eigenvalue weighted by molar-refractivity contribution is -0.670. The number of ketones is 1. The minimum Gasteiger partial charge on any atom is -0.506 e. The van der Waals surface area contributed by atoms with Crippen LogP contribution in [0.25, 0.3) is 16.3 Å². The lowest BCUT2D eigenvalue weighted by atomic mass is 9.87. The quantitative estimate of drug-likeness (QED) is 0.359. The van der Waals surface area contributed by atoms with E-state index in [1.54, 1.807) is 12.2 Å². The zero-order chi connectivity index (χ0) is 23.8. The van der Waals surface area contributed by atoms with E-state index in [-0.39, 0.29) is 35.9 Å². The van der Waals surface area contributed by atoms with E-state index >= 15 is 0 Å². The van der Waals surface area contributed by atoms with Gasteiger partial charge in [0, 0.05) is 25.2 Å². The van der Waals surface area contributed by atoms with Crippen LogP contribution in [0.5, 0.6) is 0 Å². The van der Waals surface area contributed by atoms with Gasteiger partial charge in [-0.2, -0.15) is 4.57 Å². The van der Waals surface area contributed by atoms with Crippen LogP contribution >= 0.6 is 11.3 Å². The van der Waals surface area contributed by atoms with E-state index in [4.69, 9.17) is 0 Å². The Balaban J connectivity index is 1.55. The molecule has 0 amide bonds. The first kappa shape index (κ1) is 22.3. The number of benzene rings is 2. The number of β-amino-alcohol motifs (C(OH)–C–C–N with tert-alkyl or cyclic N) is 1. The van der Waals surface area contributed by atoms with Crippen molar-refractivity contribution in [2.75, 3.05) is 36.1 Å². The lowest BCUT2D eigenvalue weighted by Gasteiger charge is -2.26. The van der Waals surface area contributed by atoms with Gasteiger partial charge in [-0.05, 0) is 31.2 Å². The second-order valence-corrected chi connectivity index (χ2v) is 9.11. The van der Waals surface area contributed by atoms with Crippen molar-refractivity contribution in [1.82, 2.24) is 0 Å². The van der Waals surface area contributed by atoms with E-state index in [2.05, 4.69) is 4.90 Å². The molecule has 1 aromatic heterocycles. The Labute approximate surface area is 201 Å². The number of Topliss-reactive ketones (excluding diaryl/α,β-unsaturated/α-hetero) is 1. The van der Waals surface area contributed by atoms with Gasteiger partial charge in [0.25, 0.3) is 5.01 Å². The normalized spacial score (nSPS) is 17.9. The van der Waals surface area contributed by atoms with Crippen molar-refractivity contribution in [3.8, 4) is 0 Å². The van der Waals surface area contributed by atoms with E-state index in [9.17, 15) is 20.1 Å². The summed E-state index contributed by atoms with van der Waals surface area (Å²) in [5.74, 6) is 0.485. The molecule has 0 bridgehead atoms. The van der Waals surface area contributed by atoms with Gasteiger partial charge in [0.05, 0.1) is 29.1 Å². The molecule has 8 heteroatoms. The lowest BCUT2D eigenvalue weighted by Crippen LogP contribution is -2.37. The fourth-order valence-electron chi connectivity index (χ4n) is 4.59. The standard InChI is InChI=1S/C26H25N3O4S/c1-2-27-19-7-3-4-8-20(19)28(11-13-30)23(27)15-17-25(32)18(26(17)33)16-24-29(12-14-31)21-9-5-6-10-22(21)34-24/h3-10,15-16,30-31H,2,11-14H2,1H3/p+1. The Bertz CT molecular complexity index is 1370. The van der Waals surface area contributed by atoms with Crippen molar-refractivity contribution in [2.45, 2.75) is 13.5 Å². The number of nitrogens with zero attached hydrogens (tertiary/aromatic N) is 3. The van der Waals surface area contributed by atoms with Crippen molar-refractivity contribution in [1.29, 1.82) is 0 Å². The highest BCUT2D eigenvalue weighted by Gasteiger charge is 2.37. The Morgan fingerprint density at radius 1 is 0.971 bits per heavy atom. The smallest absolute Gasteiger partial charge is 0.263 e. The summed E-state index contributed by atoms with van der Waals surface area (Å²) in [5.41, 5.74) is 3.46. The average Bonchev–Trinajstić information content (AvgIpc) is 3.36. The summed E-state index contributed by atoms with van der Waals surface area (Å²) in [6.07, 6.45) is 3.41. The largest absolute Gasteiger partial charge is 0.506 e. The van der Waals surface area contributed by atoms with Crippen LogP contribution in [-0.2, 0) is 11.3 Å². The molecule has 0 saturated carbocycles. The SMILES string of the molecule is CCN1C(=CC2=C(O)C(=Cc3sc4ccccc4[n+]3CCO)C2=O)N(CCO)c2ccccc21. The Morgan fingerprint density at radius 3 is 2.35 bits per heavy atom. The van der Waals surface area contributed by atoms with Crippen LogP contribution in [0.2, 0.25) is 0 Å². The first-order valence-corrected chi connectivity index (χ1v) is 12.1. The van der Waals surface area contributed by atoms with Crippen LogP contribution in [-0.4, -0.2) is 47.4 Å². The number of thiazole rings is 1. The summed E-state index contributed by atoms with van der Waals surface area (Å²) in [4.78, 5) is 17.1. The molecule has 1 aliphatic heterocycles. The van der Waals surface area contributed by atoms with Gasteiger partial charge < -0.3 is 25.1 Å². The maximum absolute atomic E-state index is 13.1. The maximum Gasteiger partial charge on any atom is 0.263 e. The van der Waals surface area contributed by atoms with E-state index in [1.165, 1.54) is 11.3 Å². The topological polar surface area (TPSA) is 88.1 Å². The summed E-state index contributed by atoms with van der Waals surface area (Å²) in [5, 5.41) is 30.8. The molecule has 0 radical (unpaired) electrons. The molecule has 0 spiro atoms. The summed E-state index contributed by atoms with van der Waals surface area (Å²) < 4.78 is 3.00. The molecule has 3 N–H and O–H groups in total. The minimum absolute atomic E-state index is 0.0250. The molecule has 0 atom stereocenters. The fourth-order valence-corrected chi connectivity index (χ4v) is 5.72. The summed E-state index contributed by atoms with van der Waals surface area (Å²) >= 11 is 1.51. The van der Waals surface area contributed by atoms with E-state index in [0.29, 0.717) is 19.6 Å². The third kappa shape index (κ3) is 3.51. The zero-order valence-corrected chi connectivity index (χ0v) is 19.6. The molecular weight excluding hydrogens is 450 g/mol. The predicted molar refractivity (Wildman–Crippen MR) is 134 cm³/mol. The number of hydrogen-bond donors (Lipinski definition) is 3. The first-order chi connectivity index (χ1) is 16.6. The van der Waals surface area contributed by atoms with Gasteiger partial charge in [0.1, 0.15) is 22.9 Å². The first-order valence-electron chi connectivity index (χ1n) is 11.3. The monoisotopic (exact) mass is 476 g/mol. The van der Waals surface area contributed by atoms with Gasteiger partial charge in [0.2, 0.25) is 11.3 Å². The molecule has 5 rings (SSSR count). The molecular formula is C26H26N3O4S+. The summed E-state index contributed by atoms with van der Waals surface area (Å²) in [7, 11) is 0. The van der Waals surface area contributed by atoms with Gasteiger partial charge in [-0.3, -0.25) is 4.79 Å². The summed E-state index contributed by atoms with van der Waals surface area (Å²) in [6, 6.07) is 15.8. The molecule has 2 aliphatic rings. The van der Waals surface area contributed by atoms with Crippen LogP contribution in [0.1, 0.15) is 11.9 Å². The Kier molecular flexibility index (Phi) is 5.95. The third-order valence-electron chi connectivity index (χ3n) is 6.16. The zero-order valence-electron chi connectivity index (χ0n) is 18.8. The molecule has 174 valence electrons. The summed E-state index contributed by atoms with van der Waals surface area (Å²) in [6.45, 7) is 3.42. The van der Waals surface area contributed by atoms with Crippen molar-refractivity contribution < 1.29 is 24.7 Å². The van der Waals surface area contributed by atoms with Crippen LogP contribution in [0.3, 0.4) is 0 Å². The molecule has 34 heavy (non-hydrogen) atoms. The number of hydrogen-bond acceptors (Lipinski definition) is 7. The van der Waals surface area contributed by atoms with Gasteiger partial charge >= 0.3 is 0 Å². The van der Waals surface area contributed by atoms with Gasteiger partial charge in [-0.1, -0.05) is 35.6 Å². The van der Waals surface area contributed by atoms with Crippen molar-refractivity contribution in [3.05, 3.63) is 82.3 Å². The minimum atomic E-state index is -0.228. The van der Waals surface area contributed by atoms with E-state index < -0.39 is 0 Å². The number of para-hydroxylation sites is 3. The predicted octanol–water partition coefficient (Wildman–Crippen LogP) is 3.14. The molecule has 1 aliphatic carbocycles. The average molecular weight is 477 g/mol. The fraction of sp³-hybridized carbons (Fsp3) is 0.231. The number of aliphatic hydroxyl groups is 3. The number of allylic oxidation sites excluding steroid dienone is 3.